The molecule has 1 N–H and O–H groups in total. The van der Waals surface area contributed by atoms with E-state index in [1.807, 2.05) is 30.0 Å². The molecule has 0 spiro atoms. The number of thiophene rings is 1. The predicted molar refractivity (Wildman–Crippen MR) is 130 cm³/mol. The van der Waals surface area contributed by atoms with Crippen molar-refractivity contribution < 1.29 is 18.8 Å². The largest absolute Gasteiger partial charge is 0.459 e. The Labute approximate surface area is 202 Å². The van der Waals surface area contributed by atoms with Gasteiger partial charge in [0.1, 0.15) is 0 Å². The summed E-state index contributed by atoms with van der Waals surface area (Å²) in [7, 11) is 0. The van der Waals surface area contributed by atoms with Crippen molar-refractivity contribution in [2.24, 2.45) is 5.92 Å². The summed E-state index contributed by atoms with van der Waals surface area (Å²) in [5, 5.41) is 5.11. The van der Waals surface area contributed by atoms with E-state index in [-0.39, 0.29) is 23.6 Å². The summed E-state index contributed by atoms with van der Waals surface area (Å²) in [5.41, 5.74) is 3.29. The molecule has 8 heteroatoms. The lowest BCUT2D eigenvalue weighted by atomic mass is 9.95. The normalized spacial score (nSPS) is 16.3. The maximum Gasteiger partial charge on any atom is 0.289 e. The highest BCUT2D eigenvalue weighted by Gasteiger charge is 2.29. The molecule has 1 aromatic carbocycles. The lowest BCUT2D eigenvalue weighted by molar-refractivity contribution is -0.121. The molecule has 0 unspecified atom stereocenters. The standard InChI is InChI=1S/C26H27N3O4S/c1-17-20(25(31)29-13-9-23-19(16-29)10-15-34-23)4-2-5-21(17)27-24(30)18-7-11-28(12-8-18)26(32)22-6-3-14-33-22/h2-6,10,14-15,18H,7-9,11-13,16H2,1H3,(H,27,30). The number of furan rings is 1. The molecule has 2 aliphatic rings. The zero-order valence-electron chi connectivity index (χ0n) is 19.1. The van der Waals surface area contributed by atoms with Gasteiger partial charge in [0.05, 0.1) is 6.26 Å². The highest BCUT2D eigenvalue weighted by atomic mass is 32.1. The highest BCUT2D eigenvalue weighted by molar-refractivity contribution is 7.10. The number of carbonyl (C=O) groups excluding carboxylic acids is 3. The van der Waals surface area contributed by atoms with Crippen LogP contribution in [0.4, 0.5) is 5.69 Å². The van der Waals surface area contributed by atoms with Gasteiger partial charge in [-0.25, -0.2) is 0 Å². The van der Waals surface area contributed by atoms with Gasteiger partial charge in [-0.1, -0.05) is 6.07 Å². The van der Waals surface area contributed by atoms with Crippen LogP contribution < -0.4 is 5.32 Å². The number of piperidine rings is 1. The first-order valence-electron chi connectivity index (χ1n) is 11.6. The van der Waals surface area contributed by atoms with E-state index in [9.17, 15) is 14.4 Å². The van der Waals surface area contributed by atoms with Gasteiger partial charge in [0, 0.05) is 48.2 Å². The van der Waals surface area contributed by atoms with Crippen LogP contribution in [-0.4, -0.2) is 47.2 Å². The molecule has 3 amide bonds. The van der Waals surface area contributed by atoms with E-state index >= 15 is 0 Å². The maximum atomic E-state index is 13.3. The van der Waals surface area contributed by atoms with Crippen molar-refractivity contribution in [3.63, 3.8) is 0 Å². The lowest BCUT2D eigenvalue weighted by Gasteiger charge is -2.31. The van der Waals surface area contributed by atoms with Crippen LogP contribution in [0.25, 0.3) is 0 Å². The summed E-state index contributed by atoms with van der Waals surface area (Å²) >= 11 is 1.75. The van der Waals surface area contributed by atoms with Crippen molar-refractivity contribution in [1.82, 2.24) is 9.80 Å². The van der Waals surface area contributed by atoms with E-state index in [0.29, 0.717) is 56.0 Å². The fraction of sp³-hybridized carbons (Fsp3) is 0.346. The van der Waals surface area contributed by atoms with E-state index in [2.05, 4.69) is 16.8 Å². The minimum Gasteiger partial charge on any atom is -0.459 e. The molecule has 176 valence electrons. The molecule has 3 aromatic rings. The second-order valence-corrected chi connectivity index (χ2v) is 9.86. The third-order valence-electron chi connectivity index (χ3n) is 6.80. The van der Waals surface area contributed by atoms with Crippen molar-refractivity contribution in [1.29, 1.82) is 0 Å². The van der Waals surface area contributed by atoms with Gasteiger partial charge in [0.2, 0.25) is 5.91 Å². The Morgan fingerprint density at radius 2 is 1.82 bits per heavy atom. The Hall–Kier alpha value is -3.39. The number of hydrogen-bond acceptors (Lipinski definition) is 5. The number of benzene rings is 1. The average molecular weight is 478 g/mol. The van der Waals surface area contributed by atoms with Crippen LogP contribution in [-0.2, 0) is 17.8 Å². The molecule has 1 saturated heterocycles. The van der Waals surface area contributed by atoms with E-state index < -0.39 is 0 Å². The summed E-state index contributed by atoms with van der Waals surface area (Å²) in [6.45, 7) is 4.23. The number of hydrogen-bond donors (Lipinski definition) is 1. The van der Waals surface area contributed by atoms with Gasteiger partial charge < -0.3 is 19.5 Å². The number of rotatable bonds is 4. The third kappa shape index (κ3) is 4.37. The first-order valence-corrected chi connectivity index (χ1v) is 12.5. The zero-order valence-corrected chi connectivity index (χ0v) is 19.9. The molecule has 34 heavy (non-hydrogen) atoms. The fourth-order valence-electron chi connectivity index (χ4n) is 4.73. The van der Waals surface area contributed by atoms with Gasteiger partial charge in [0.25, 0.3) is 11.8 Å². The van der Waals surface area contributed by atoms with Gasteiger partial charge in [-0.2, -0.15) is 0 Å². The molecule has 0 bridgehead atoms. The number of anilines is 1. The smallest absolute Gasteiger partial charge is 0.289 e. The molecule has 5 rings (SSSR count). The Morgan fingerprint density at radius 1 is 1.00 bits per heavy atom. The number of amides is 3. The maximum absolute atomic E-state index is 13.3. The van der Waals surface area contributed by atoms with Gasteiger partial charge in [-0.05, 0) is 73.0 Å². The number of nitrogens with zero attached hydrogens (tertiary/aromatic N) is 2. The average Bonchev–Trinajstić information content (AvgIpc) is 3.56. The second-order valence-electron chi connectivity index (χ2n) is 8.86. The first kappa shape index (κ1) is 22.4. The lowest BCUT2D eigenvalue weighted by Crippen LogP contribution is -2.41. The molecular formula is C26H27N3O4S. The van der Waals surface area contributed by atoms with E-state index in [4.69, 9.17) is 4.42 Å². The number of carbonyl (C=O) groups is 3. The summed E-state index contributed by atoms with van der Waals surface area (Å²) in [5.74, 6) is -0.0745. The monoisotopic (exact) mass is 477 g/mol. The van der Waals surface area contributed by atoms with Gasteiger partial charge >= 0.3 is 0 Å². The highest BCUT2D eigenvalue weighted by Crippen LogP contribution is 2.28. The van der Waals surface area contributed by atoms with Crippen molar-refractivity contribution in [3.8, 4) is 0 Å². The Balaban J connectivity index is 1.21. The SMILES string of the molecule is Cc1c(NC(=O)C2CCN(C(=O)c3ccco3)CC2)cccc1C(=O)N1CCc2sccc2C1. The summed E-state index contributed by atoms with van der Waals surface area (Å²) in [6, 6.07) is 10.9. The zero-order chi connectivity index (χ0) is 23.7. The molecule has 0 saturated carbocycles. The predicted octanol–water partition coefficient (Wildman–Crippen LogP) is 4.34. The van der Waals surface area contributed by atoms with E-state index in [0.717, 1.165) is 12.0 Å². The van der Waals surface area contributed by atoms with Gasteiger partial charge in [0.15, 0.2) is 5.76 Å². The van der Waals surface area contributed by atoms with Gasteiger partial charge in [-0.3, -0.25) is 14.4 Å². The van der Waals surface area contributed by atoms with Gasteiger partial charge in [-0.15, -0.1) is 11.3 Å². The van der Waals surface area contributed by atoms with Crippen molar-refractivity contribution in [2.45, 2.75) is 32.7 Å². The van der Waals surface area contributed by atoms with Crippen LogP contribution in [0.5, 0.6) is 0 Å². The molecule has 2 aromatic heterocycles. The first-order chi connectivity index (χ1) is 16.5. The summed E-state index contributed by atoms with van der Waals surface area (Å²) < 4.78 is 5.20. The Morgan fingerprint density at radius 3 is 2.59 bits per heavy atom. The quantitative estimate of drug-likeness (QED) is 0.606. The summed E-state index contributed by atoms with van der Waals surface area (Å²) in [6.07, 6.45) is 3.55. The molecule has 0 radical (unpaired) electrons. The molecule has 0 aliphatic carbocycles. The van der Waals surface area contributed by atoms with Crippen LogP contribution in [0.2, 0.25) is 0 Å². The van der Waals surface area contributed by atoms with Crippen molar-refractivity contribution in [2.75, 3.05) is 25.0 Å². The van der Waals surface area contributed by atoms with Crippen molar-refractivity contribution in [3.05, 3.63) is 75.4 Å². The Kier molecular flexibility index (Phi) is 6.24. The number of fused-ring (bicyclic) bond motifs is 1. The minimum absolute atomic E-state index is 0.00445. The molecule has 0 atom stereocenters. The van der Waals surface area contributed by atoms with Crippen LogP contribution in [0.1, 0.15) is 49.8 Å². The van der Waals surface area contributed by atoms with Crippen LogP contribution >= 0.6 is 11.3 Å². The second kappa shape index (κ2) is 9.46. The van der Waals surface area contributed by atoms with Crippen molar-refractivity contribution >= 4 is 34.7 Å². The van der Waals surface area contributed by atoms with Crippen LogP contribution in [0, 0.1) is 12.8 Å². The molecular weight excluding hydrogens is 450 g/mol. The van der Waals surface area contributed by atoms with Crippen LogP contribution in [0.15, 0.2) is 52.5 Å². The third-order valence-corrected chi connectivity index (χ3v) is 7.82. The number of likely N-dealkylation sites (tertiary alicyclic amines) is 1. The molecule has 2 aliphatic heterocycles. The van der Waals surface area contributed by atoms with E-state index in [1.54, 1.807) is 28.4 Å². The molecule has 1 fully saturated rings. The minimum atomic E-state index is -0.182. The molecule has 7 nitrogen and oxygen atoms in total. The fourth-order valence-corrected chi connectivity index (χ4v) is 5.62. The van der Waals surface area contributed by atoms with E-state index in [1.165, 1.54) is 16.7 Å². The molecule has 4 heterocycles. The Bertz CT molecular complexity index is 1210. The van der Waals surface area contributed by atoms with Crippen LogP contribution in [0.3, 0.4) is 0 Å². The topological polar surface area (TPSA) is 82.9 Å². The summed E-state index contributed by atoms with van der Waals surface area (Å²) in [4.78, 5) is 43.7. The number of nitrogens with one attached hydrogen (secondary N) is 1.